The van der Waals surface area contributed by atoms with Crippen LogP contribution in [-0.2, 0) is 6.42 Å². The molecule has 1 aromatic rings. The average Bonchev–Trinajstić information content (AvgIpc) is 2.92. The molecule has 0 amide bonds. The summed E-state index contributed by atoms with van der Waals surface area (Å²) in [6.45, 7) is 9.67. The van der Waals surface area contributed by atoms with Crippen LogP contribution in [0.4, 0.5) is 0 Å². The Labute approximate surface area is 238 Å². The van der Waals surface area contributed by atoms with Gasteiger partial charge in [-0.1, -0.05) is 118 Å². The van der Waals surface area contributed by atoms with E-state index in [-0.39, 0.29) is 22.8 Å². The quantitative estimate of drug-likeness (QED) is 0.112. The molecule has 0 aliphatic rings. The third-order valence-corrected chi connectivity index (χ3v) is 7.07. The second-order valence-electron chi connectivity index (χ2n) is 10.7. The van der Waals surface area contributed by atoms with E-state index in [2.05, 4.69) is 13.8 Å². The first kappa shape index (κ1) is 34.9. The number of ether oxygens (including phenoxy) is 3. The maximum absolute atomic E-state index is 12.3. The highest BCUT2D eigenvalue weighted by Gasteiger charge is 2.31. The summed E-state index contributed by atoms with van der Waals surface area (Å²) in [6.07, 6.45) is 21.1. The maximum atomic E-state index is 12.3. The molecule has 0 atom stereocenters. The minimum absolute atomic E-state index is 0.129. The fourth-order valence-electron chi connectivity index (χ4n) is 4.84. The highest BCUT2D eigenvalue weighted by atomic mass is 16.5. The topological polar surface area (TPSA) is 85.2 Å². The predicted molar refractivity (Wildman–Crippen MR) is 161 cm³/mol. The molecule has 0 bridgehead atoms. The number of rotatable bonds is 26. The van der Waals surface area contributed by atoms with Gasteiger partial charge in [0, 0.05) is 5.56 Å². The largest absolute Gasteiger partial charge is 0.504 e. The molecule has 0 spiro atoms. The highest BCUT2D eigenvalue weighted by molar-refractivity contribution is 5.97. The molecule has 0 aliphatic heterocycles. The first-order valence-corrected chi connectivity index (χ1v) is 16.1. The number of benzene rings is 1. The van der Waals surface area contributed by atoms with Crippen LogP contribution >= 0.6 is 0 Å². The number of hydrogen-bond donors (Lipinski definition) is 2. The Morgan fingerprint density at radius 1 is 0.538 bits per heavy atom. The standard InChI is InChI=1S/C33H58O6/c1-5-9-11-13-15-17-19-21-23-27-30(39-26-22-20-18-16-14-12-10-6-2)29(34)28(33(35)36)32(38-25-8-4)31(27)37-24-7-3/h34H,5-26H2,1-4H3,(H,35,36). The molecule has 39 heavy (non-hydrogen) atoms. The summed E-state index contributed by atoms with van der Waals surface area (Å²) in [7, 11) is 0. The van der Waals surface area contributed by atoms with Crippen LogP contribution in [0.25, 0.3) is 0 Å². The van der Waals surface area contributed by atoms with Crippen LogP contribution in [0.1, 0.15) is 159 Å². The molecular formula is C33H58O6. The SMILES string of the molecule is CCCCCCCCCCOc1c(O)c(C(=O)O)c(OCCC)c(OCCC)c1CCCCCCCCCC. The van der Waals surface area contributed by atoms with Gasteiger partial charge in [0.05, 0.1) is 19.8 Å². The number of aromatic hydroxyl groups is 1. The third kappa shape index (κ3) is 13.7. The smallest absolute Gasteiger partial charge is 0.343 e. The number of carboxylic acids is 1. The van der Waals surface area contributed by atoms with Gasteiger partial charge in [-0.05, 0) is 32.1 Å². The second kappa shape index (κ2) is 22.7. The van der Waals surface area contributed by atoms with Crippen LogP contribution in [0, 0.1) is 0 Å². The van der Waals surface area contributed by atoms with Gasteiger partial charge in [0.1, 0.15) is 0 Å². The minimum atomic E-state index is -1.24. The normalized spacial score (nSPS) is 11.1. The van der Waals surface area contributed by atoms with Gasteiger partial charge in [0.15, 0.2) is 28.6 Å². The van der Waals surface area contributed by atoms with Crippen LogP contribution in [0.3, 0.4) is 0 Å². The van der Waals surface area contributed by atoms with E-state index in [4.69, 9.17) is 14.2 Å². The van der Waals surface area contributed by atoms with Gasteiger partial charge < -0.3 is 24.4 Å². The summed E-state index contributed by atoms with van der Waals surface area (Å²) in [5, 5.41) is 21.2. The van der Waals surface area contributed by atoms with E-state index in [0.29, 0.717) is 32.0 Å². The summed E-state index contributed by atoms with van der Waals surface area (Å²) < 4.78 is 18.2. The van der Waals surface area contributed by atoms with Crippen molar-refractivity contribution in [3.05, 3.63) is 11.1 Å². The molecule has 1 aromatic carbocycles. The molecular weight excluding hydrogens is 492 g/mol. The fraction of sp³-hybridized carbons (Fsp3) is 0.788. The Morgan fingerprint density at radius 2 is 0.974 bits per heavy atom. The monoisotopic (exact) mass is 550 g/mol. The molecule has 0 radical (unpaired) electrons. The zero-order chi connectivity index (χ0) is 28.7. The molecule has 1 rings (SSSR count). The van der Waals surface area contributed by atoms with E-state index in [9.17, 15) is 15.0 Å². The van der Waals surface area contributed by atoms with Gasteiger partial charge in [0.25, 0.3) is 0 Å². The predicted octanol–water partition coefficient (Wildman–Crippen LogP) is 9.87. The first-order valence-electron chi connectivity index (χ1n) is 16.1. The zero-order valence-electron chi connectivity index (χ0n) is 25.6. The Bertz CT molecular complexity index is 776. The Hall–Kier alpha value is -2.11. The van der Waals surface area contributed by atoms with Crippen molar-refractivity contribution < 1.29 is 29.2 Å². The molecule has 6 heteroatoms. The van der Waals surface area contributed by atoms with E-state index in [0.717, 1.165) is 44.1 Å². The Balaban J connectivity index is 3.08. The lowest BCUT2D eigenvalue weighted by molar-refractivity contribution is 0.0686. The van der Waals surface area contributed by atoms with Crippen molar-refractivity contribution >= 4 is 5.97 Å². The van der Waals surface area contributed by atoms with E-state index in [1.165, 1.54) is 77.0 Å². The summed E-state index contributed by atoms with van der Waals surface area (Å²) >= 11 is 0. The van der Waals surface area contributed by atoms with Crippen molar-refractivity contribution in [2.24, 2.45) is 0 Å². The number of phenols is 1. The number of aromatic carboxylic acids is 1. The first-order chi connectivity index (χ1) is 19.0. The molecule has 0 aliphatic carbocycles. The Morgan fingerprint density at radius 3 is 1.46 bits per heavy atom. The van der Waals surface area contributed by atoms with E-state index < -0.39 is 5.97 Å². The molecule has 0 aromatic heterocycles. The van der Waals surface area contributed by atoms with Crippen LogP contribution in [0.2, 0.25) is 0 Å². The van der Waals surface area contributed by atoms with Crippen molar-refractivity contribution in [2.45, 2.75) is 150 Å². The van der Waals surface area contributed by atoms with Crippen molar-refractivity contribution in [2.75, 3.05) is 19.8 Å². The number of unbranched alkanes of at least 4 members (excludes halogenated alkanes) is 14. The van der Waals surface area contributed by atoms with Gasteiger partial charge in [-0.2, -0.15) is 0 Å². The highest BCUT2D eigenvalue weighted by Crippen LogP contribution is 2.49. The van der Waals surface area contributed by atoms with Crippen LogP contribution in [0.15, 0.2) is 0 Å². The van der Waals surface area contributed by atoms with Crippen LogP contribution < -0.4 is 14.2 Å². The van der Waals surface area contributed by atoms with Gasteiger partial charge in [0.2, 0.25) is 0 Å². The van der Waals surface area contributed by atoms with Crippen LogP contribution in [0.5, 0.6) is 23.0 Å². The second-order valence-corrected chi connectivity index (χ2v) is 10.7. The lowest BCUT2D eigenvalue weighted by Crippen LogP contribution is -2.12. The van der Waals surface area contributed by atoms with Gasteiger partial charge in [-0.3, -0.25) is 0 Å². The molecule has 0 unspecified atom stereocenters. The Kier molecular flexibility index (Phi) is 20.3. The lowest BCUT2D eigenvalue weighted by atomic mass is 9.99. The number of hydrogen-bond acceptors (Lipinski definition) is 5. The summed E-state index contributed by atoms with van der Waals surface area (Å²) in [6, 6.07) is 0. The summed E-state index contributed by atoms with van der Waals surface area (Å²) in [5.41, 5.74) is 0.475. The van der Waals surface area contributed by atoms with Crippen LogP contribution in [-0.4, -0.2) is 36.0 Å². The van der Waals surface area contributed by atoms with Gasteiger partial charge >= 0.3 is 5.97 Å². The molecule has 0 saturated heterocycles. The van der Waals surface area contributed by atoms with E-state index >= 15 is 0 Å². The molecule has 0 heterocycles. The fourth-order valence-corrected chi connectivity index (χ4v) is 4.84. The van der Waals surface area contributed by atoms with E-state index in [1.807, 2.05) is 13.8 Å². The zero-order valence-corrected chi connectivity index (χ0v) is 25.6. The van der Waals surface area contributed by atoms with Gasteiger partial charge in [-0.15, -0.1) is 0 Å². The van der Waals surface area contributed by atoms with Crippen molar-refractivity contribution in [1.29, 1.82) is 0 Å². The summed E-state index contributed by atoms with van der Waals surface area (Å²) in [4.78, 5) is 12.3. The number of carbonyl (C=O) groups is 1. The van der Waals surface area contributed by atoms with Crippen molar-refractivity contribution in [3.63, 3.8) is 0 Å². The van der Waals surface area contributed by atoms with Crippen molar-refractivity contribution in [1.82, 2.24) is 0 Å². The lowest BCUT2D eigenvalue weighted by Gasteiger charge is -2.23. The molecule has 0 fully saturated rings. The third-order valence-electron chi connectivity index (χ3n) is 7.07. The van der Waals surface area contributed by atoms with Crippen molar-refractivity contribution in [3.8, 4) is 23.0 Å². The summed E-state index contributed by atoms with van der Waals surface area (Å²) in [5.74, 6) is -0.769. The average molecular weight is 551 g/mol. The minimum Gasteiger partial charge on any atom is -0.504 e. The molecule has 0 saturated carbocycles. The molecule has 2 N–H and O–H groups in total. The van der Waals surface area contributed by atoms with Gasteiger partial charge in [-0.25, -0.2) is 4.79 Å². The molecule has 6 nitrogen and oxygen atoms in total. The number of carboxylic acid groups (broad SMARTS) is 1. The maximum Gasteiger partial charge on any atom is 0.343 e. The van der Waals surface area contributed by atoms with E-state index in [1.54, 1.807) is 0 Å². The molecule has 226 valence electrons.